The molecular formula is C16H19BrO2. The Morgan fingerprint density at radius 1 is 1.11 bits per heavy atom. The van der Waals surface area contributed by atoms with Crippen molar-refractivity contribution in [2.75, 3.05) is 0 Å². The number of fused-ring (bicyclic) bond motifs is 5. The molecule has 19 heavy (non-hydrogen) atoms. The van der Waals surface area contributed by atoms with E-state index in [2.05, 4.69) is 15.9 Å². The summed E-state index contributed by atoms with van der Waals surface area (Å²) in [6.45, 7) is 0. The van der Waals surface area contributed by atoms with Crippen LogP contribution in [0.4, 0.5) is 0 Å². The van der Waals surface area contributed by atoms with Crippen molar-refractivity contribution < 1.29 is 9.84 Å². The lowest BCUT2D eigenvalue weighted by atomic mass is 9.80. The third-order valence-electron chi connectivity index (χ3n) is 5.57. The van der Waals surface area contributed by atoms with Gasteiger partial charge in [0.25, 0.3) is 0 Å². The number of ether oxygens (including phenoxy) is 1. The monoisotopic (exact) mass is 322 g/mol. The second kappa shape index (κ2) is 4.41. The molecule has 0 aromatic heterocycles. The van der Waals surface area contributed by atoms with E-state index in [-0.39, 0.29) is 5.75 Å². The SMILES string of the molecule is Oc1ccc(Br)cc1OC1CC2CC1C1CCCC21. The Labute approximate surface area is 122 Å². The Hall–Kier alpha value is -0.700. The van der Waals surface area contributed by atoms with Gasteiger partial charge in [0, 0.05) is 4.47 Å². The van der Waals surface area contributed by atoms with E-state index in [1.54, 1.807) is 6.07 Å². The van der Waals surface area contributed by atoms with Gasteiger partial charge < -0.3 is 9.84 Å². The highest BCUT2D eigenvalue weighted by molar-refractivity contribution is 9.10. The van der Waals surface area contributed by atoms with Gasteiger partial charge in [0.15, 0.2) is 11.5 Å². The van der Waals surface area contributed by atoms with Crippen molar-refractivity contribution in [1.29, 1.82) is 0 Å². The van der Waals surface area contributed by atoms with Gasteiger partial charge >= 0.3 is 0 Å². The first-order valence-corrected chi connectivity index (χ1v) is 8.17. The maximum Gasteiger partial charge on any atom is 0.162 e. The number of hydrogen-bond acceptors (Lipinski definition) is 2. The van der Waals surface area contributed by atoms with E-state index in [0.29, 0.717) is 11.9 Å². The first-order valence-electron chi connectivity index (χ1n) is 7.37. The standard InChI is InChI=1S/C16H19BrO2/c17-10-4-5-14(18)16(8-10)19-15-7-9-6-13(15)12-3-1-2-11(9)12/h4-5,8-9,11-13,15,18H,1-3,6-7H2. The molecule has 4 rings (SSSR count). The van der Waals surface area contributed by atoms with Crippen molar-refractivity contribution in [2.45, 2.75) is 38.2 Å². The molecule has 5 atom stereocenters. The van der Waals surface area contributed by atoms with Gasteiger partial charge in [0.05, 0.1) is 0 Å². The summed E-state index contributed by atoms with van der Waals surface area (Å²) in [7, 11) is 0. The van der Waals surface area contributed by atoms with Crippen LogP contribution in [0.1, 0.15) is 32.1 Å². The highest BCUT2D eigenvalue weighted by atomic mass is 79.9. The van der Waals surface area contributed by atoms with E-state index in [4.69, 9.17) is 4.74 Å². The van der Waals surface area contributed by atoms with Gasteiger partial charge in [-0.05, 0) is 67.6 Å². The van der Waals surface area contributed by atoms with Crippen molar-refractivity contribution in [1.82, 2.24) is 0 Å². The summed E-state index contributed by atoms with van der Waals surface area (Å²) in [5.74, 6) is 4.40. The van der Waals surface area contributed by atoms with Gasteiger partial charge in [-0.3, -0.25) is 0 Å². The molecule has 102 valence electrons. The fourth-order valence-electron chi connectivity index (χ4n) is 4.89. The summed E-state index contributed by atoms with van der Waals surface area (Å²) in [5.41, 5.74) is 0. The summed E-state index contributed by atoms with van der Waals surface area (Å²) in [4.78, 5) is 0. The quantitative estimate of drug-likeness (QED) is 0.876. The van der Waals surface area contributed by atoms with Crippen LogP contribution >= 0.6 is 15.9 Å². The van der Waals surface area contributed by atoms with Crippen LogP contribution in [0.25, 0.3) is 0 Å². The van der Waals surface area contributed by atoms with Crippen LogP contribution in [-0.2, 0) is 0 Å². The Kier molecular flexibility index (Phi) is 2.80. The maximum absolute atomic E-state index is 9.91. The molecule has 3 fully saturated rings. The Balaban J connectivity index is 1.54. The maximum atomic E-state index is 9.91. The number of phenols is 1. The molecule has 3 saturated carbocycles. The molecule has 3 heteroatoms. The van der Waals surface area contributed by atoms with E-state index in [1.165, 1.54) is 32.1 Å². The zero-order valence-electron chi connectivity index (χ0n) is 10.9. The van der Waals surface area contributed by atoms with E-state index in [1.807, 2.05) is 12.1 Å². The topological polar surface area (TPSA) is 29.5 Å². The summed E-state index contributed by atoms with van der Waals surface area (Å²) < 4.78 is 7.11. The lowest BCUT2D eigenvalue weighted by Gasteiger charge is -2.32. The normalized spacial score (nSPS) is 39.5. The predicted octanol–water partition coefficient (Wildman–Crippen LogP) is 4.36. The third-order valence-corrected chi connectivity index (χ3v) is 6.06. The van der Waals surface area contributed by atoms with Gasteiger partial charge in [0.2, 0.25) is 0 Å². The molecule has 0 amide bonds. The highest BCUT2D eigenvalue weighted by Gasteiger charge is 2.54. The van der Waals surface area contributed by atoms with Gasteiger partial charge in [-0.25, -0.2) is 0 Å². The fourth-order valence-corrected chi connectivity index (χ4v) is 5.23. The van der Waals surface area contributed by atoms with Gasteiger partial charge in [0.1, 0.15) is 6.10 Å². The lowest BCUT2D eigenvalue weighted by Crippen LogP contribution is -2.32. The molecule has 0 heterocycles. The molecule has 3 aliphatic carbocycles. The number of halogens is 1. The average molecular weight is 323 g/mol. The van der Waals surface area contributed by atoms with Crippen molar-refractivity contribution in [3.8, 4) is 11.5 Å². The molecule has 1 aromatic rings. The molecule has 0 radical (unpaired) electrons. The zero-order valence-corrected chi connectivity index (χ0v) is 12.5. The summed E-state index contributed by atoms with van der Waals surface area (Å²) in [5, 5.41) is 9.91. The van der Waals surface area contributed by atoms with Crippen molar-refractivity contribution in [3.63, 3.8) is 0 Å². The van der Waals surface area contributed by atoms with E-state index in [9.17, 15) is 5.11 Å². The van der Waals surface area contributed by atoms with Crippen molar-refractivity contribution in [2.24, 2.45) is 23.7 Å². The zero-order chi connectivity index (χ0) is 13.0. The second-order valence-corrected chi connectivity index (χ2v) is 7.34. The number of rotatable bonds is 2. The van der Waals surface area contributed by atoms with Crippen LogP contribution in [0.3, 0.4) is 0 Å². The Bertz CT molecular complexity index is 502. The van der Waals surface area contributed by atoms with Crippen LogP contribution in [0.15, 0.2) is 22.7 Å². The molecule has 2 nitrogen and oxygen atoms in total. The van der Waals surface area contributed by atoms with Gasteiger partial charge in [-0.15, -0.1) is 0 Å². The Morgan fingerprint density at radius 2 is 1.95 bits per heavy atom. The van der Waals surface area contributed by atoms with Gasteiger partial charge in [-0.2, -0.15) is 0 Å². The van der Waals surface area contributed by atoms with Crippen LogP contribution in [0, 0.1) is 23.7 Å². The first kappa shape index (κ1) is 12.1. The fraction of sp³-hybridized carbons (Fsp3) is 0.625. The minimum absolute atomic E-state index is 0.258. The highest BCUT2D eigenvalue weighted by Crippen LogP contribution is 2.59. The molecule has 1 aromatic carbocycles. The van der Waals surface area contributed by atoms with Crippen molar-refractivity contribution >= 4 is 15.9 Å². The predicted molar refractivity (Wildman–Crippen MR) is 77.3 cm³/mol. The number of aromatic hydroxyl groups is 1. The largest absolute Gasteiger partial charge is 0.504 e. The van der Waals surface area contributed by atoms with E-state index in [0.717, 1.165) is 28.1 Å². The minimum atomic E-state index is 0.258. The van der Waals surface area contributed by atoms with E-state index < -0.39 is 0 Å². The van der Waals surface area contributed by atoms with Crippen LogP contribution in [0.2, 0.25) is 0 Å². The number of phenolic OH excluding ortho intramolecular Hbond substituents is 1. The van der Waals surface area contributed by atoms with Gasteiger partial charge in [-0.1, -0.05) is 22.4 Å². The number of benzene rings is 1. The molecule has 5 unspecified atom stereocenters. The number of hydrogen-bond donors (Lipinski definition) is 1. The molecule has 0 saturated heterocycles. The van der Waals surface area contributed by atoms with E-state index >= 15 is 0 Å². The molecule has 2 bridgehead atoms. The minimum Gasteiger partial charge on any atom is -0.504 e. The average Bonchev–Trinajstić information content (AvgIpc) is 3.05. The summed E-state index contributed by atoms with van der Waals surface area (Å²) >= 11 is 3.44. The molecule has 0 aliphatic heterocycles. The van der Waals surface area contributed by atoms with Crippen LogP contribution < -0.4 is 4.74 Å². The second-order valence-electron chi connectivity index (χ2n) is 6.42. The molecule has 3 aliphatic rings. The van der Waals surface area contributed by atoms with Crippen LogP contribution in [0.5, 0.6) is 11.5 Å². The summed E-state index contributed by atoms with van der Waals surface area (Å²) in [6, 6.07) is 5.43. The smallest absolute Gasteiger partial charge is 0.162 e. The lowest BCUT2D eigenvalue weighted by molar-refractivity contribution is 0.0816. The Morgan fingerprint density at radius 3 is 2.84 bits per heavy atom. The molecule has 1 N–H and O–H groups in total. The van der Waals surface area contributed by atoms with Crippen LogP contribution in [-0.4, -0.2) is 11.2 Å². The molecular weight excluding hydrogens is 304 g/mol. The third kappa shape index (κ3) is 1.89. The van der Waals surface area contributed by atoms with Crippen molar-refractivity contribution in [3.05, 3.63) is 22.7 Å². The first-order chi connectivity index (χ1) is 9.22. The molecule has 0 spiro atoms. The summed E-state index contributed by atoms with van der Waals surface area (Å²) in [6.07, 6.45) is 7.13.